The topological polar surface area (TPSA) is 97.3 Å². The van der Waals surface area contributed by atoms with Crippen LogP contribution in [-0.2, 0) is 4.74 Å². The van der Waals surface area contributed by atoms with Gasteiger partial charge < -0.3 is 24.5 Å². The van der Waals surface area contributed by atoms with Crippen LogP contribution in [0.2, 0.25) is 0 Å². The average molecular weight is 405 g/mol. The second-order valence-electron chi connectivity index (χ2n) is 7.59. The molecule has 1 saturated heterocycles. The van der Waals surface area contributed by atoms with Crippen molar-refractivity contribution in [3.05, 3.63) is 48.9 Å². The van der Waals surface area contributed by atoms with Crippen molar-refractivity contribution < 1.29 is 14.2 Å². The summed E-state index contributed by atoms with van der Waals surface area (Å²) >= 11 is 0. The first-order valence-corrected chi connectivity index (χ1v) is 9.92. The molecule has 0 unspecified atom stereocenters. The molecule has 1 aliphatic heterocycles. The lowest BCUT2D eigenvalue weighted by molar-refractivity contribution is -0.0224. The highest BCUT2D eigenvalue weighted by atomic mass is 16.6. The second-order valence-corrected chi connectivity index (χ2v) is 7.59. The number of aromatic nitrogens is 4. The van der Waals surface area contributed by atoms with E-state index in [0.717, 1.165) is 34.1 Å². The molecular formula is C22H23N5O3. The van der Waals surface area contributed by atoms with Crippen LogP contribution in [0.1, 0.15) is 19.6 Å². The maximum atomic E-state index is 6.33. The fourth-order valence-corrected chi connectivity index (χ4v) is 3.97. The fraction of sp³-hybridized carbons (Fsp3) is 0.318. The SMILES string of the molecule is COc1ncnc2c1ccn2[C@H]1C[C@H](C)[C@@H](COc2ccc3ccc(N)nc3c2)O1. The van der Waals surface area contributed by atoms with E-state index in [1.54, 1.807) is 13.2 Å². The van der Waals surface area contributed by atoms with Crippen LogP contribution in [-0.4, -0.2) is 39.3 Å². The van der Waals surface area contributed by atoms with Gasteiger partial charge in [0, 0.05) is 17.6 Å². The third kappa shape index (κ3) is 3.29. The minimum atomic E-state index is -0.108. The number of methoxy groups -OCH3 is 1. The molecule has 3 atom stereocenters. The van der Waals surface area contributed by atoms with Gasteiger partial charge in [0.15, 0.2) is 0 Å². The predicted octanol–water partition coefficient (Wildman–Crippen LogP) is 3.57. The number of fused-ring (bicyclic) bond motifs is 2. The number of ether oxygens (including phenoxy) is 3. The van der Waals surface area contributed by atoms with E-state index in [4.69, 9.17) is 19.9 Å². The first kappa shape index (κ1) is 18.6. The Morgan fingerprint density at radius 1 is 1.20 bits per heavy atom. The number of nitrogen functional groups attached to an aromatic ring is 1. The number of pyridine rings is 1. The molecule has 1 aromatic carbocycles. The Kier molecular flexibility index (Phi) is 4.63. The number of benzene rings is 1. The van der Waals surface area contributed by atoms with E-state index in [1.807, 2.05) is 41.1 Å². The molecule has 3 aromatic heterocycles. The number of rotatable bonds is 5. The molecule has 1 aliphatic rings. The van der Waals surface area contributed by atoms with E-state index in [2.05, 4.69) is 21.9 Å². The largest absolute Gasteiger partial charge is 0.491 e. The molecule has 0 saturated carbocycles. The molecule has 8 heteroatoms. The summed E-state index contributed by atoms with van der Waals surface area (Å²) < 4.78 is 19.7. The van der Waals surface area contributed by atoms with Gasteiger partial charge in [-0.15, -0.1) is 0 Å². The van der Waals surface area contributed by atoms with Crippen molar-refractivity contribution in [1.29, 1.82) is 0 Å². The van der Waals surface area contributed by atoms with Crippen LogP contribution in [0.25, 0.3) is 21.9 Å². The van der Waals surface area contributed by atoms with Gasteiger partial charge in [-0.25, -0.2) is 15.0 Å². The first-order chi connectivity index (χ1) is 14.6. The minimum absolute atomic E-state index is 0.0271. The number of hydrogen-bond donors (Lipinski definition) is 1. The lowest BCUT2D eigenvalue weighted by atomic mass is 10.0. The first-order valence-electron chi connectivity index (χ1n) is 9.92. The highest BCUT2D eigenvalue weighted by Crippen LogP contribution is 2.36. The Bertz CT molecular complexity index is 1210. The molecule has 0 aliphatic carbocycles. The van der Waals surface area contributed by atoms with Gasteiger partial charge in [-0.1, -0.05) is 6.92 Å². The molecule has 0 bridgehead atoms. The monoisotopic (exact) mass is 405 g/mol. The molecule has 4 aromatic rings. The number of nitrogens with zero attached hydrogens (tertiary/aromatic N) is 4. The molecular weight excluding hydrogens is 382 g/mol. The van der Waals surface area contributed by atoms with Crippen molar-refractivity contribution in [3.8, 4) is 11.6 Å². The fourth-order valence-electron chi connectivity index (χ4n) is 3.97. The molecule has 0 radical (unpaired) electrons. The van der Waals surface area contributed by atoms with Crippen LogP contribution in [0.15, 0.2) is 48.9 Å². The van der Waals surface area contributed by atoms with Crippen LogP contribution in [0, 0.1) is 5.92 Å². The number of hydrogen-bond acceptors (Lipinski definition) is 7. The van der Waals surface area contributed by atoms with Crippen LogP contribution >= 0.6 is 0 Å². The smallest absolute Gasteiger partial charge is 0.225 e. The summed E-state index contributed by atoms with van der Waals surface area (Å²) in [5.41, 5.74) is 7.42. The van der Waals surface area contributed by atoms with Gasteiger partial charge in [0.2, 0.25) is 5.88 Å². The molecule has 154 valence electrons. The molecule has 8 nitrogen and oxygen atoms in total. The van der Waals surface area contributed by atoms with Crippen molar-refractivity contribution in [1.82, 2.24) is 19.5 Å². The van der Waals surface area contributed by atoms with Gasteiger partial charge >= 0.3 is 0 Å². The van der Waals surface area contributed by atoms with E-state index in [9.17, 15) is 0 Å². The van der Waals surface area contributed by atoms with E-state index < -0.39 is 0 Å². The van der Waals surface area contributed by atoms with E-state index in [1.165, 1.54) is 6.33 Å². The molecule has 0 amide bonds. The van der Waals surface area contributed by atoms with Crippen LogP contribution in [0.5, 0.6) is 11.6 Å². The van der Waals surface area contributed by atoms with E-state index >= 15 is 0 Å². The summed E-state index contributed by atoms with van der Waals surface area (Å²) in [5, 5.41) is 1.90. The Morgan fingerprint density at radius 2 is 2.07 bits per heavy atom. The standard InChI is InChI=1S/C22H23N5O3/c1-13-9-20(27-8-7-16-21(27)24-12-25-22(16)28-2)30-18(13)11-29-15-5-3-14-4-6-19(23)26-17(14)10-15/h3-8,10,12-13,18,20H,9,11H2,1-2H3,(H2,23,26)/t13-,18+,20+/m0/s1. The highest BCUT2D eigenvalue weighted by molar-refractivity contribution is 5.82. The summed E-state index contributed by atoms with van der Waals surface area (Å²) in [5.74, 6) is 2.15. The summed E-state index contributed by atoms with van der Waals surface area (Å²) in [6, 6.07) is 11.5. The molecule has 2 N–H and O–H groups in total. The van der Waals surface area contributed by atoms with Gasteiger partial charge in [-0.3, -0.25) is 0 Å². The Morgan fingerprint density at radius 3 is 2.93 bits per heavy atom. The second kappa shape index (κ2) is 7.46. The number of nitrogens with two attached hydrogens (primary N) is 1. The van der Waals surface area contributed by atoms with Gasteiger partial charge in [0.05, 0.1) is 24.1 Å². The van der Waals surface area contributed by atoms with Crippen molar-refractivity contribution >= 4 is 27.8 Å². The van der Waals surface area contributed by atoms with Crippen molar-refractivity contribution in [2.75, 3.05) is 19.5 Å². The maximum Gasteiger partial charge on any atom is 0.225 e. The van der Waals surface area contributed by atoms with Crippen molar-refractivity contribution in [2.45, 2.75) is 25.7 Å². The molecule has 30 heavy (non-hydrogen) atoms. The van der Waals surface area contributed by atoms with Gasteiger partial charge in [-0.2, -0.15) is 0 Å². The highest BCUT2D eigenvalue weighted by Gasteiger charge is 2.34. The van der Waals surface area contributed by atoms with Crippen LogP contribution in [0.3, 0.4) is 0 Å². The lowest BCUT2D eigenvalue weighted by Crippen LogP contribution is -2.23. The lowest BCUT2D eigenvalue weighted by Gasteiger charge is -2.17. The Balaban J connectivity index is 1.31. The summed E-state index contributed by atoms with van der Waals surface area (Å²) in [6.45, 7) is 2.64. The zero-order valence-electron chi connectivity index (χ0n) is 16.9. The van der Waals surface area contributed by atoms with Gasteiger partial charge in [-0.05, 0) is 42.7 Å². The molecule has 0 spiro atoms. The van der Waals surface area contributed by atoms with Gasteiger partial charge in [0.25, 0.3) is 0 Å². The summed E-state index contributed by atoms with van der Waals surface area (Å²) in [7, 11) is 1.61. The van der Waals surface area contributed by atoms with Crippen molar-refractivity contribution in [2.24, 2.45) is 5.92 Å². The summed E-state index contributed by atoms with van der Waals surface area (Å²) in [6.07, 6.45) is 4.23. The average Bonchev–Trinajstić information content (AvgIpc) is 3.35. The Labute approximate surface area is 173 Å². The molecule has 1 fully saturated rings. The third-order valence-corrected chi connectivity index (χ3v) is 5.62. The van der Waals surface area contributed by atoms with Crippen LogP contribution < -0.4 is 15.2 Å². The molecule has 4 heterocycles. The molecule has 5 rings (SSSR count). The number of anilines is 1. The Hall–Kier alpha value is -3.39. The zero-order valence-corrected chi connectivity index (χ0v) is 16.9. The van der Waals surface area contributed by atoms with Crippen molar-refractivity contribution in [3.63, 3.8) is 0 Å². The van der Waals surface area contributed by atoms with Crippen LogP contribution in [0.4, 0.5) is 5.82 Å². The van der Waals surface area contributed by atoms with E-state index in [0.29, 0.717) is 24.2 Å². The normalized spacial score (nSPS) is 21.3. The van der Waals surface area contributed by atoms with E-state index in [-0.39, 0.29) is 12.3 Å². The quantitative estimate of drug-likeness (QED) is 0.542. The summed E-state index contributed by atoms with van der Waals surface area (Å²) in [4.78, 5) is 12.9. The zero-order chi connectivity index (χ0) is 20.7. The predicted molar refractivity (Wildman–Crippen MR) is 113 cm³/mol. The minimum Gasteiger partial charge on any atom is -0.491 e. The third-order valence-electron chi connectivity index (χ3n) is 5.62. The van der Waals surface area contributed by atoms with Gasteiger partial charge in [0.1, 0.15) is 36.4 Å². The maximum absolute atomic E-state index is 6.33.